The number of aliphatic hydroxyl groups excluding tert-OH is 1. The molecule has 2 aromatic carbocycles. The first kappa shape index (κ1) is 13.9. The molecule has 0 aromatic heterocycles. The minimum atomic E-state index is -0.695. The summed E-state index contributed by atoms with van der Waals surface area (Å²) >= 11 is 6.09. The topological polar surface area (TPSA) is 29.5 Å². The zero-order valence-electron chi connectivity index (χ0n) is 11.1. The van der Waals surface area contributed by atoms with Gasteiger partial charge in [0.05, 0.1) is 6.61 Å². The van der Waals surface area contributed by atoms with Crippen LogP contribution in [0.4, 0.5) is 0 Å². The lowest BCUT2D eigenvalue weighted by Gasteiger charge is -2.16. The fourth-order valence-corrected chi connectivity index (χ4v) is 2.22. The van der Waals surface area contributed by atoms with E-state index in [4.69, 9.17) is 16.3 Å². The SMILES string of the molecule is CCOc1cccc(C(O)c2cccc(Cl)c2C)c1. The molecule has 2 aromatic rings. The zero-order valence-corrected chi connectivity index (χ0v) is 11.8. The van der Waals surface area contributed by atoms with Gasteiger partial charge in [0, 0.05) is 5.02 Å². The van der Waals surface area contributed by atoms with E-state index in [1.165, 1.54) is 0 Å². The third kappa shape index (κ3) is 3.09. The van der Waals surface area contributed by atoms with Crippen molar-refractivity contribution in [3.05, 3.63) is 64.2 Å². The maximum absolute atomic E-state index is 10.5. The summed E-state index contributed by atoms with van der Waals surface area (Å²) in [6, 6.07) is 13.1. The summed E-state index contributed by atoms with van der Waals surface area (Å²) in [7, 11) is 0. The molecule has 2 nitrogen and oxygen atoms in total. The van der Waals surface area contributed by atoms with Crippen LogP contribution in [0.1, 0.15) is 29.7 Å². The molecule has 0 saturated heterocycles. The van der Waals surface area contributed by atoms with Crippen molar-refractivity contribution in [2.24, 2.45) is 0 Å². The highest BCUT2D eigenvalue weighted by molar-refractivity contribution is 6.31. The highest BCUT2D eigenvalue weighted by atomic mass is 35.5. The largest absolute Gasteiger partial charge is 0.494 e. The van der Waals surface area contributed by atoms with E-state index in [0.717, 1.165) is 22.4 Å². The van der Waals surface area contributed by atoms with E-state index in [9.17, 15) is 5.11 Å². The van der Waals surface area contributed by atoms with Crippen LogP contribution in [0.2, 0.25) is 5.02 Å². The first-order valence-corrected chi connectivity index (χ1v) is 6.67. The second-order valence-electron chi connectivity index (χ2n) is 4.36. The van der Waals surface area contributed by atoms with Gasteiger partial charge in [0.1, 0.15) is 11.9 Å². The van der Waals surface area contributed by atoms with Crippen LogP contribution in [0.25, 0.3) is 0 Å². The molecule has 0 heterocycles. The lowest BCUT2D eigenvalue weighted by molar-refractivity contribution is 0.218. The molecule has 0 aliphatic rings. The Balaban J connectivity index is 2.35. The van der Waals surface area contributed by atoms with Crippen LogP contribution in [0.3, 0.4) is 0 Å². The highest BCUT2D eigenvalue weighted by Crippen LogP contribution is 2.30. The Bertz CT molecular complexity index is 566. The van der Waals surface area contributed by atoms with Crippen LogP contribution in [-0.2, 0) is 0 Å². The smallest absolute Gasteiger partial charge is 0.119 e. The molecule has 0 spiro atoms. The van der Waals surface area contributed by atoms with Gasteiger partial charge in [-0.2, -0.15) is 0 Å². The molecule has 0 radical (unpaired) electrons. The molecule has 0 saturated carbocycles. The molecule has 0 fully saturated rings. The normalized spacial score (nSPS) is 12.2. The summed E-state index contributed by atoms with van der Waals surface area (Å²) in [6.07, 6.45) is -0.695. The van der Waals surface area contributed by atoms with Crippen LogP contribution >= 0.6 is 11.6 Å². The van der Waals surface area contributed by atoms with Gasteiger partial charge in [-0.1, -0.05) is 35.9 Å². The summed E-state index contributed by atoms with van der Waals surface area (Å²) in [5.41, 5.74) is 2.52. The molecule has 1 atom stereocenters. The van der Waals surface area contributed by atoms with Crippen LogP contribution in [0.5, 0.6) is 5.75 Å². The van der Waals surface area contributed by atoms with Gasteiger partial charge in [-0.25, -0.2) is 0 Å². The minimum absolute atomic E-state index is 0.607. The van der Waals surface area contributed by atoms with Crippen molar-refractivity contribution in [3.63, 3.8) is 0 Å². The second kappa shape index (κ2) is 6.09. The molecule has 19 heavy (non-hydrogen) atoms. The van der Waals surface area contributed by atoms with Crippen LogP contribution in [0, 0.1) is 6.92 Å². The number of hydrogen-bond donors (Lipinski definition) is 1. The molecule has 0 amide bonds. The van der Waals surface area contributed by atoms with Gasteiger partial charge in [0.2, 0.25) is 0 Å². The summed E-state index contributed by atoms with van der Waals surface area (Å²) in [5.74, 6) is 0.763. The second-order valence-corrected chi connectivity index (χ2v) is 4.77. The number of rotatable bonds is 4. The summed E-state index contributed by atoms with van der Waals surface area (Å²) in [5, 5.41) is 11.1. The van der Waals surface area contributed by atoms with Gasteiger partial charge in [-0.05, 0) is 48.7 Å². The fourth-order valence-electron chi connectivity index (χ4n) is 2.04. The Labute approximate surface area is 118 Å². The molecule has 0 aliphatic heterocycles. The molecule has 0 bridgehead atoms. The Morgan fingerprint density at radius 1 is 1.21 bits per heavy atom. The van der Waals surface area contributed by atoms with E-state index >= 15 is 0 Å². The monoisotopic (exact) mass is 276 g/mol. The van der Waals surface area contributed by atoms with Gasteiger partial charge in [0.15, 0.2) is 0 Å². The number of ether oxygens (including phenoxy) is 1. The number of aliphatic hydroxyl groups is 1. The van der Waals surface area contributed by atoms with Crippen molar-refractivity contribution in [1.29, 1.82) is 0 Å². The van der Waals surface area contributed by atoms with Gasteiger partial charge < -0.3 is 9.84 Å². The predicted molar refractivity (Wildman–Crippen MR) is 77.9 cm³/mol. The standard InChI is InChI=1S/C16H17ClO2/c1-3-19-13-7-4-6-12(10-13)16(18)14-8-5-9-15(17)11(14)2/h4-10,16,18H,3H2,1-2H3. The Morgan fingerprint density at radius 3 is 2.68 bits per heavy atom. The Kier molecular flexibility index (Phi) is 4.46. The molecular formula is C16H17ClO2. The molecule has 3 heteroatoms. The van der Waals surface area contributed by atoms with Crippen molar-refractivity contribution in [2.75, 3.05) is 6.61 Å². The third-order valence-electron chi connectivity index (χ3n) is 3.09. The average molecular weight is 277 g/mol. The molecule has 1 N–H and O–H groups in total. The van der Waals surface area contributed by atoms with E-state index in [1.54, 1.807) is 0 Å². The lowest BCUT2D eigenvalue weighted by atomic mass is 9.97. The van der Waals surface area contributed by atoms with Gasteiger partial charge >= 0.3 is 0 Å². The maximum Gasteiger partial charge on any atom is 0.119 e. The molecular weight excluding hydrogens is 260 g/mol. The van der Waals surface area contributed by atoms with Gasteiger partial charge in [-0.15, -0.1) is 0 Å². The average Bonchev–Trinajstić information content (AvgIpc) is 2.42. The maximum atomic E-state index is 10.5. The van der Waals surface area contributed by atoms with E-state index in [1.807, 2.05) is 56.3 Å². The van der Waals surface area contributed by atoms with Crippen LogP contribution in [0.15, 0.2) is 42.5 Å². The summed E-state index contributed by atoms with van der Waals surface area (Å²) < 4.78 is 5.45. The van der Waals surface area contributed by atoms with Gasteiger partial charge in [0.25, 0.3) is 0 Å². The van der Waals surface area contributed by atoms with E-state index in [2.05, 4.69) is 0 Å². The van der Waals surface area contributed by atoms with E-state index < -0.39 is 6.10 Å². The first-order valence-electron chi connectivity index (χ1n) is 6.29. The fraction of sp³-hybridized carbons (Fsp3) is 0.250. The summed E-state index contributed by atoms with van der Waals surface area (Å²) in [4.78, 5) is 0. The number of benzene rings is 2. The van der Waals surface area contributed by atoms with Crippen molar-refractivity contribution in [2.45, 2.75) is 20.0 Å². The van der Waals surface area contributed by atoms with Crippen molar-refractivity contribution in [3.8, 4) is 5.75 Å². The molecule has 100 valence electrons. The Hall–Kier alpha value is -1.51. The molecule has 0 aliphatic carbocycles. The quantitative estimate of drug-likeness (QED) is 0.910. The van der Waals surface area contributed by atoms with Crippen molar-refractivity contribution >= 4 is 11.6 Å². The lowest BCUT2D eigenvalue weighted by Crippen LogP contribution is -2.03. The Morgan fingerprint density at radius 2 is 1.95 bits per heavy atom. The zero-order chi connectivity index (χ0) is 13.8. The first-order chi connectivity index (χ1) is 9.13. The summed E-state index contributed by atoms with van der Waals surface area (Å²) in [6.45, 7) is 4.45. The predicted octanol–water partition coefficient (Wildman–Crippen LogP) is 4.13. The third-order valence-corrected chi connectivity index (χ3v) is 3.50. The van der Waals surface area contributed by atoms with Crippen LogP contribution in [-0.4, -0.2) is 11.7 Å². The highest BCUT2D eigenvalue weighted by Gasteiger charge is 2.14. The molecule has 2 rings (SSSR count). The van der Waals surface area contributed by atoms with E-state index in [-0.39, 0.29) is 0 Å². The van der Waals surface area contributed by atoms with Crippen LogP contribution < -0.4 is 4.74 Å². The van der Waals surface area contributed by atoms with Crippen molar-refractivity contribution < 1.29 is 9.84 Å². The minimum Gasteiger partial charge on any atom is -0.494 e. The van der Waals surface area contributed by atoms with E-state index in [0.29, 0.717) is 11.6 Å². The molecule has 1 unspecified atom stereocenters. The number of halogens is 1. The number of hydrogen-bond acceptors (Lipinski definition) is 2. The van der Waals surface area contributed by atoms with Crippen molar-refractivity contribution in [1.82, 2.24) is 0 Å². The van der Waals surface area contributed by atoms with Gasteiger partial charge in [-0.3, -0.25) is 0 Å².